The summed E-state index contributed by atoms with van der Waals surface area (Å²) in [5.74, 6) is -0.583. The van der Waals surface area contributed by atoms with Crippen molar-refractivity contribution in [2.45, 2.75) is 11.8 Å². The van der Waals surface area contributed by atoms with E-state index in [4.69, 9.17) is 14.2 Å². The van der Waals surface area contributed by atoms with E-state index in [0.29, 0.717) is 17.2 Å². The van der Waals surface area contributed by atoms with Gasteiger partial charge in [0.05, 0.1) is 37.5 Å². The van der Waals surface area contributed by atoms with Crippen LogP contribution in [-0.2, 0) is 14.8 Å². The first-order valence-electron chi connectivity index (χ1n) is 10.0. The van der Waals surface area contributed by atoms with Gasteiger partial charge in [0.1, 0.15) is 0 Å². The minimum absolute atomic E-state index is 0.0796. The van der Waals surface area contributed by atoms with Crippen LogP contribution in [0.25, 0.3) is 0 Å². The zero-order valence-electron chi connectivity index (χ0n) is 19.0. The molecule has 2 N–H and O–H groups in total. The van der Waals surface area contributed by atoms with Gasteiger partial charge < -0.3 is 19.5 Å². The van der Waals surface area contributed by atoms with E-state index in [-0.39, 0.29) is 21.7 Å². The number of nitrogens with one attached hydrogen (secondary N) is 2. The van der Waals surface area contributed by atoms with Crippen molar-refractivity contribution in [1.82, 2.24) is 0 Å². The molecule has 0 bridgehead atoms. The number of rotatable bonds is 8. The largest absolute Gasteiger partial charge is 0.493 e. The molecule has 178 valence electrons. The standard InChI is InChI=1S/C24H24N2O7S/c1-15-5-11-18(12-6-15)34(29,30)26-17-9-7-16(8-10-17)23(27)25-20-14-22(32-3)21(31-2)13-19(20)24(28)33-4/h5-14,26H,1-4H3,(H,25,27). The fraction of sp³-hybridized carbons (Fsp3) is 0.167. The van der Waals surface area contributed by atoms with Crippen LogP contribution in [0, 0.1) is 6.92 Å². The number of ether oxygens (including phenoxy) is 3. The van der Waals surface area contributed by atoms with Crippen LogP contribution in [0.3, 0.4) is 0 Å². The van der Waals surface area contributed by atoms with Crippen LogP contribution in [-0.4, -0.2) is 41.6 Å². The van der Waals surface area contributed by atoms with Gasteiger partial charge in [-0.25, -0.2) is 13.2 Å². The molecule has 0 atom stereocenters. The summed E-state index contributed by atoms with van der Waals surface area (Å²) in [6.45, 7) is 1.86. The molecule has 34 heavy (non-hydrogen) atoms. The van der Waals surface area contributed by atoms with Gasteiger partial charge in [0, 0.05) is 23.4 Å². The van der Waals surface area contributed by atoms with Gasteiger partial charge in [-0.1, -0.05) is 17.7 Å². The summed E-state index contributed by atoms with van der Waals surface area (Å²) in [6, 6.07) is 15.2. The molecular weight excluding hydrogens is 460 g/mol. The van der Waals surface area contributed by atoms with Crippen LogP contribution in [0.2, 0.25) is 0 Å². The maximum Gasteiger partial charge on any atom is 0.340 e. The van der Waals surface area contributed by atoms with Crippen LogP contribution in [0.4, 0.5) is 11.4 Å². The van der Waals surface area contributed by atoms with Crippen molar-refractivity contribution in [3.05, 3.63) is 77.4 Å². The maximum atomic E-state index is 12.8. The molecule has 0 aliphatic heterocycles. The first kappa shape index (κ1) is 24.6. The second-order valence-electron chi connectivity index (χ2n) is 7.19. The highest BCUT2D eigenvalue weighted by Gasteiger charge is 2.20. The number of hydrogen-bond acceptors (Lipinski definition) is 7. The molecule has 0 unspecified atom stereocenters. The van der Waals surface area contributed by atoms with Gasteiger partial charge in [-0.2, -0.15) is 0 Å². The quantitative estimate of drug-likeness (QED) is 0.466. The molecular formula is C24H24N2O7S. The molecule has 1 amide bonds. The van der Waals surface area contributed by atoms with Gasteiger partial charge in [0.2, 0.25) is 0 Å². The summed E-state index contributed by atoms with van der Waals surface area (Å²) in [7, 11) is 0.302. The van der Waals surface area contributed by atoms with E-state index in [0.717, 1.165) is 5.56 Å². The lowest BCUT2D eigenvalue weighted by atomic mass is 10.1. The predicted molar refractivity (Wildman–Crippen MR) is 127 cm³/mol. The van der Waals surface area contributed by atoms with Gasteiger partial charge in [-0.05, 0) is 43.3 Å². The summed E-state index contributed by atoms with van der Waals surface area (Å²) in [4.78, 5) is 25.1. The van der Waals surface area contributed by atoms with Gasteiger partial charge in [0.15, 0.2) is 11.5 Å². The van der Waals surface area contributed by atoms with Crippen molar-refractivity contribution in [2.24, 2.45) is 0 Å². The Hall–Kier alpha value is -4.05. The van der Waals surface area contributed by atoms with E-state index in [2.05, 4.69) is 10.0 Å². The van der Waals surface area contributed by atoms with Gasteiger partial charge in [0.25, 0.3) is 15.9 Å². The fourth-order valence-corrected chi connectivity index (χ4v) is 4.14. The molecule has 9 nitrogen and oxygen atoms in total. The highest BCUT2D eigenvalue weighted by Crippen LogP contribution is 2.34. The molecule has 10 heteroatoms. The number of amides is 1. The van der Waals surface area contributed by atoms with Crippen molar-refractivity contribution in [2.75, 3.05) is 31.4 Å². The monoisotopic (exact) mass is 484 g/mol. The summed E-state index contributed by atoms with van der Waals surface area (Å²) in [5, 5.41) is 2.65. The molecule has 0 heterocycles. The smallest absolute Gasteiger partial charge is 0.340 e. The van der Waals surface area contributed by atoms with E-state index in [1.54, 1.807) is 12.1 Å². The molecule has 0 aromatic heterocycles. The average Bonchev–Trinajstić information content (AvgIpc) is 2.83. The SMILES string of the molecule is COC(=O)c1cc(OC)c(OC)cc1NC(=O)c1ccc(NS(=O)(=O)c2ccc(C)cc2)cc1. The summed E-state index contributed by atoms with van der Waals surface area (Å²) in [5.41, 5.74) is 1.72. The average molecular weight is 485 g/mol. The number of carbonyl (C=O) groups excluding carboxylic acids is 2. The third-order valence-electron chi connectivity index (χ3n) is 4.91. The van der Waals surface area contributed by atoms with Crippen LogP contribution in [0.5, 0.6) is 11.5 Å². The normalized spacial score (nSPS) is 10.8. The summed E-state index contributed by atoms with van der Waals surface area (Å²) >= 11 is 0. The molecule has 0 saturated heterocycles. The first-order chi connectivity index (χ1) is 16.2. The second-order valence-corrected chi connectivity index (χ2v) is 8.88. The van der Waals surface area contributed by atoms with Crippen LogP contribution in [0.15, 0.2) is 65.6 Å². The van der Waals surface area contributed by atoms with Crippen molar-refractivity contribution < 1.29 is 32.2 Å². The number of carbonyl (C=O) groups is 2. The lowest BCUT2D eigenvalue weighted by molar-refractivity contribution is 0.0601. The number of aryl methyl sites for hydroxylation is 1. The molecule has 0 fully saturated rings. The van der Waals surface area contributed by atoms with E-state index in [1.165, 1.54) is 69.9 Å². The third kappa shape index (κ3) is 5.46. The lowest BCUT2D eigenvalue weighted by Crippen LogP contribution is -2.16. The minimum atomic E-state index is -3.77. The Labute approximate surface area is 197 Å². The Morgan fingerprint density at radius 3 is 1.97 bits per heavy atom. The zero-order valence-corrected chi connectivity index (χ0v) is 19.9. The number of methoxy groups -OCH3 is 3. The number of sulfonamides is 1. The Kier molecular flexibility index (Phi) is 7.42. The highest BCUT2D eigenvalue weighted by atomic mass is 32.2. The number of esters is 1. The van der Waals surface area contributed by atoms with Gasteiger partial charge in [-0.3, -0.25) is 9.52 Å². The van der Waals surface area contributed by atoms with Crippen molar-refractivity contribution in [3.63, 3.8) is 0 Å². The zero-order chi connectivity index (χ0) is 24.9. The molecule has 3 rings (SSSR count). The van der Waals surface area contributed by atoms with E-state index >= 15 is 0 Å². The second kappa shape index (κ2) is 10.3. The topological polar surface area (TPSA) is 120 Å². The van der Waals surface area contributed by atoms with E-state index in [1.807, 2.05) is 6.92 Å². The first-order valence-corrected chi connectivity index (χ1v) is 11.5. The van der Waals surface area contributed by atoms with Gasteiger partial charge in [-0.15, -0.1) is 0 Å². The van der Waals surface area contributed by atoms with Crippen molar-refractivity contribution in [1.29, 1.82) is 0 Å². The van der Waals surface area contributed by atoms with Gasteiger partial charge >= 0.3 is 5.97 Å². The Bertz CT molecular complexity index is 1300. The number of benzene rings is 3. The van der Waals surface area contributed by atoms with E-state index < -0.39 is 21.9 Å². The maximum absolute atomic E-state index is 12.8. The van der Waals surface area contributed by atoms with Crippen LogP contribution >= 0.6 is 0 Å². The molecule has 0 aliphatic rings. The molecule has 0 spiro atoms. The molecule has 0 aliphatic carbocycles. The fourth-order valence-electron chi connectivity index (χ4n) is 3.08. The Morgan fingerprint density at radius 2 is 1.41 bits per heavy atom. The lowest BCUT2D eigenvalue weighted by Gasteiger charge is -2.15. The van der Waals surface area contributed by atoms with Crippen LogP contribution in [0.1, 0.15) is 26.3 Å². The number of anilines is 2. The molecule has 0 radical (unpaired) electrons. The van der Waals surface area contributed by atoms with Crippen LogP contribution < -0.4 is 19.5 Å². The summed E-state index contributed by atoms with van der Waals surface area (Å²) < 4.78 is 42.8. The predicted octanol–water partition coefficient (Wildman–Crippen LogP) is 3.85. The van der Waals surface area contributed by atoms with Crippen molar-refractivity contribution >= 4 is 33.3 Å². The third-order valence-corrected chi connectivity index (χ3v) is 6.31. The molecule has 3 aromatic rings. The van der Waals surface area contributed by atoms with Crippen molar-refractivity contribution in [3.8, 4) is 11.5 Å². The Balaban J connectivity index is 1.81. The molecule has 0 saturated carbocycles. The Morgan fingerprint density at radius 1 is 0.824 bits per heavy atom. The minimum Gasteiger partial charge on any atom is -0.493 e. The molecule has 3 aromatic carbocycles. The number of hydrogen-bond donors (Lipinski definition) is 2. The van der Waals surface area contributed by atoms with E-state index in [9.17, 15) is 18.0 Å². The summed E-state index contributed by atoms with van der Waals surface area (Å²) in [6.07, 6.45) is 0. The highest BCUT2D eigenvalue weighted by molar-refractivity contribution is 7.92.